The molecule has 0 fully saturated rings. The summed E-state index contributed by atoms with van der Waals surface area (Å²) in [5.74, 6) is 1.42. The lowest BCUT2D eigenvalue weighted by molar-refractivity contribution is 0.651. The van der Waals surface area contributed by atoms with Gasteiger partial charge in [0.25, 0.3) is 0 Å². The maximum atomic E-state index is 5.79. The second-order valence-electron chi connectivity index (χ2n) is 4.90. The van der Waals surface area contributed by atoms with Crippen LogP contribution < -0.4 is 11.1 Å². The molecule has 21 heavy (non-hydrogen) atoms. The number of nitrogens with one attached hydrogen (secondary N) is 1. The zero-order valence-corrected chi connectivity index (χ0v) is 12.5. The molecule has 0 aliphatic carbocycles. The summed E-state index contributed by atoms with van der Waals surface area (Å²) in [4.78, 5) is 8.67. The molecule has 1 aromatic carbocycles. The van der Waals surface area contributed by atoms with Crippen molar-refractivity contribution in [2.24, 2.45) is 10.7 Å². The summed E-state index contributed by atoms with van der Waals surface area (Å²) in [5.41, 5.74) is 7.12. The van der Waals surface area contributed by atoms with E-state index in [2.05, 4.69) is 51.0 Å². The molecule has 0 saturated carbocycles. The van der Waals surface area contributed by atoms with Crippen LogP contribution >= 0.6 is 0 Å². The molecular weight excluding hydrogens is 262 g/mol. The molecule has 0 atom stereocenters. The van der Waals surface area contributed by atoms with Crippen LogP contribution in [0.15, 0.2) is 47.7 Å². The molecule has 0 aliphatic heterocycles. The minimum absolute atomic E-state index is 0.481. The van der Waals surface area contributed by atoms with Gasteiger partial charge in [-0.1, -0.05) is 37.3 Å². The summed E-state index contributed by atoms with van der Waals surface area (Å²) in [5, 5.41) is 3.06. The lowest BCUT2D eigenvalue weighted by Gasteiger charge is -2.07. The molecule has 2 aromatic rings. The minimum atomic E-state index is 0.481. The van der Waals surface area contributed by atoms with E-state index in [1.54, 1.807) is 0 Å². The Kier molecular flexibility index (Phi) is 5.82. The largest absolute Gasteiger partial charge is 0.370 e. The lowest BCUT2D eigenvalue weighted by Crippen LogP contribution is -2.32. The third-order valence-electron chi connectivity index (χ3n) is 3.23. The fourth-order valence-electron chi connectivity index (χ4n) is 2.05. The van der Waals surface area contributed by atoms with E-state index in [0.717, 1.165) is 31.8 Å². The number of guanidine groups is 1. The minimum Gasteiger partial charge on any atom is -0.370 e. The number of benzene rings is 1. The third-order valence-corrected chi connectivity index (χ3v) is 3.23. The molecule has 0 aliphatic rings. The van der Waals surface area contributed by atoms with Crippen LogP contribution in [-0.4, -0.2) is 22.1 Å². The molecule has 0 spiro atoms. The van der Waals surface area contributed by atoms with Crippen LogP contribution in [0.4, 0.5) is 0 Å². The quantitative estimate of drug-likeness (QED) is 0.603. The van der Waals surface area contributed by atoms with Gasteiger partial charge in [0.2, 0.25) is 0 Å². The third kappa shape index (κ3) is 4.95. The number of rotatable bonds is 7. The molecule has 3 N–H and O–H groups in total. The first kappa shape index (κ1) is 15.1. The Balaban J connectivity index is 1.89. The standard InChI is InChI=1S/C16H23N5/c1-2-9-19-16(17)20-13-15-18-10-12-21(15)11-8-14-6-4-3-5-7-14/h3-7,10,12H,2,8-9,11,13H2,1H3,(H3,17,19,20). The highest BCUT2D eigenvalue weighted by Crippen LogP contribution is 2.05. The van der Waals surface area contributed by atoms with Crippen LogP contribution in [-0.2, 0) is 19.5 Å². The van der Waals surface area contributed by atoms with Crippen molar-refractivity contribution in [3.05, 3.63) is 54.1 Å². The Hall–Kier alpha value is -2.30. The van der Waals surface area contributed by atoms with Gasteiger partial charge in [-0.2, -0.15) is 0 Å². The molecule has 5 heteroatoms. The smallest absolute Gasteiger partial charge is 0.189 e. The first-order valence-corrected chi connectivity index (χ1v) is 7.37. The monoisotopic (exact) mass is 285 g/mol. The Morgan fingerprint density at radius 3 is 2.90 bits per heavy atom. The molecule has 0 radical (unpaired) electrons. The van der Waals surface area contributed by atoms with Crippen molar-refractivity contribution in [1.82, 2.24) is 14.9 Å². The highest BCUT2D eigenvalue weighted by atomic mass is 15.1. The van der Waals surface area contributed by atoms with Crippen LogP contribution in [0.25, 0.3) is 0 Å². The highest BCUT2D eigenvalue weighted by molar-refractivity contribution is 5.77. The van der Waals surface area contributed by atoms with E-state index in [1.807, 2.05) is 18.5 Å². The van der Waals surface area contributed by atoms with Crippen LogP contribution in [0.1, 0.15) is 24.7 Å². The average molecular weight is 285 g/mol. The first-order chi connectivity index (χ1) is 10.3. The molecule has 2 rings (SSSR count). The van der Waals surface area contributed by atoms with Gasteiger partial charge in [0, 0.05) is 25.5 Å². The number of aromatic nitrogens is 2. The maximum Gasteiger partial charge on any atom is 0.189 e. The maximum absolute atomic E-state index is 5.79. The van der Waals surface area contributed by atoms with E-state index in [4.69, 9.17) is 5.73 Å². The number of hydrogen-bond donors (Lipinski definition) is 2. The predicted octanol–water partition coefficient (Wildman–Crippen LogP) is 1.94. The predicted molar refractivity (Wildman–Crippen MR) is 86.0 cm³/mol. The lowest BCUT2D eigenvalue weighted by atomic mass is 10.1. The Morgan fingerprint density at radius 2 is 2.14 bits per heavy atom. The van der Waals surface area contributed by atoms with Gasteiger partial charge >= 0.3 is 0 Å². The van der Waals surface area contributed by atoms with Gasteiger partial charge in [-0.15, -0.1) is 0 Å². The molecule has 1 heterocycles. The molecule has 5 nitrogen and oxygen atoms in total. The second-order valence-corrected chi connectivity index (χ2v) is 4.90. The van der Waals surface area contributed by atoms with E-state index < -0.39 is 0 Å². The summed E-state index contributed by atoms with van der Waals surface area (Å²) in [6, 6.07) is 10.4. The van der Waals surface area contributed by atoms with E-state index in [1.165, 1.54) is 5.56 Å². The number of nitrogens with two attached hydrogens (primary N) is 1. The van der Waals surface area contributed by atoms with Crippen molar-refractivity contribution in [1.29, 1.82) is 0 Å². The summed E-state index contributed by atoms with van der Waals surface area (Å²) >= 11 is 0. The van der Waals surface area contributed by atoms with Gasteiger partial charge in [-0.25, -0.2) is 9.98 Å². The Labute approximate surface area is 125 Å². The van der Waals surface area contributed by atoms with E-state index in [9.17, 15) is 0 Å². The van der Waals surface area contributed by atoms with Crippen LogP contribution in [0.2, 0.25) is 0 Å². The van der Waals surface area contributed by atoms with Gasteiger partial charge in [-0.3, -0.25) is 0 Å². The molecule has 0 unspecified atom stereocenters. The molecule has 0 amide bonds. The fraction of sp³-hybridized carbons (Fsp3) is 0.375. The van der Waals surface area contributed by atoms with Gasteiger partial charge in [0.1, 0.15) is 12.4 Å². The number of imidazole rings is 1. The highest BCUT2D eigenvalue weighted by Gasteiger charge is 2.02. The topological polar surface area (TPSA) is 68.2 Å². The van der Waals surface area contributed by atoms with Crippen LogP contribution in [0, 0.1) is 0 Å². The van der Waals surface area contributed by atoms with Crippen LogP contribution in [0.3, 0.4) is 0 Å². The van der Waals surface area contributed by atoms with Crippen LogP contribution in [0.5, 0.6) is 0 Å². The van der Waals surface area contributed by atoms with E-state index in [0.29, 0.717) is 12.5 Å². The molecule has 112 valence electrons. The molecule has 0 bridgehead atoms. The zero-order chi connectivity index (χ0) is 14.9. The Bertz CT molecular complexity index is 559. The van der Waals surface area contributed by atoms with Gasteiger partial charge in [0.15, 0.2) is 5.96 Å². The van der Waals surface area contributed by atoms with Crippen molar-refractivity contribution >= 4 is 5.96 Å². The van der Waals surface area contributed by atoms with E-state index in [-0.39, 0.29) is 0 Å². The summed E-state index contributed by atoms with van der Waals surface area (Å²) in [6.45, 7) is 4.34. The first-order valence-electron chi connectivity index (χ1n) is 7.37. The number of aryl methyl sites for hydroxylation is 2. The summed E-state index contributed by atoms with van der Waals surface area (Å²) in [7, 11) is 0. The number of nitrogens with zero attached hydrogens (tertiary/aromatic N) is 3. The molecule has 1 aromatic heterocycles. The van der Waals surface area contributed by atoms with Gasteiger partial charge < -0.3 is 15.6 Å². The van der Waals surface area contributed by atoms with Crippen molar-refractivity contribution in [3.8, 4) is 0 Å². The van der Waals surface area contributed by atoms with Crippen molar-refractivity contribution < 1.29 is 0 Å². The van der Waals surface area contributed by atoms with Gasteiger partial charge in [-0.05, 0) is 18.4 Å². The molecular formula is C16H23N5. The van der Waals surface area contributed by atoms with Gasteiger partial charge in [0.05, 0.1) is 0 Å². The number of hydrogen-bond acceptors (Lipinski definition) is 2. The van der Waals surface area contributed by atoms with Crippen molar-refractivity contribution in [2.45, 2.75) is 32.9 Å². The zero-order valence-electron chi connectivity index (χ0n) is 12.5. The normalized spacial score (nSPS) is 11.6. The van der Waals surface area contributed by atoms with E-state index >= 15 is 0 Å². The fourth-order valence-corrected chi connectivity index (χ4v) is 2.05. The summed E-state index contributed by atoms with van der Waals surface area (Å²) < 4.78 is 2.13. The number of aliphatic imine (C=N–C) groups is 1. The summed E-state index contributed by atoms with van der Waals surface area (Å²) in [6.07, 6.45) is 5.81. The Morgan fingerprint density at radius 1 is 1.33 bits per heavy atom. The molecule has 0 saturated heterocycles. The second kappa shape index (κ2) is 8.09. The SMILES string of the molecule is CCCNC(N)=NCc1nccn1CCc1ccccc1. The van der Waals surface area contributed by atoms with Crippen molar-refractivity contribution in [2.75, 3.05) is 6.54 Å². The van der Waals surface area contributed by atoms with Crippen molar-refractivity contribution in [3.63, 3.8) is 0 Å². The average Bonchev–Trinajstić information content (AvgIpc) is 2.97.